The number of rotatable bonds is 4. The summed E-state index contributed by atoms with van der Waals surface area (Å²) < 4.78 is 0. The first-order chi connectivity index (χ1) is 5.86. The molecule has 1 aromatic carbocycles. The zero-order chi connectivity index (χ0) is 8.81. The van der Waals surface area contributed by atoms with Crippen LogP contribution in [0.2, 0.25) is 0 Å². The van der Waals surface area contributed by atoms with Crippen LogP contribution in [0.25, 0.3) is 0 Å². The highest BCUT2D eigenvalue weighted by Crippen LogP contribution is 2.22. The van der Waals surface area contributed by atoms with Crippen LogP contribution in [0.4, 0.5) is 0 Å². The van der Waals surface area contributed by atoms with E-state index in [0.717, 1.165) is 11.5 Å². The molecule has 0 amide bonds. The van der Waals surface area contributed by atoms with E-state index in [-0.39, 0.29) is 0 Å². The van der Waals surface area contributed by atoms with E-state index < -0.39 is 0 Å². The Morgan fingerprint density at radius 3 is 2.42 bits per heavy atom. The van der Waals surface area contributed by atoms with Gasteiger partial charge < -0.3 is 0 Å². The summed E-state index contributed by atoms with van der Waals surface area (Å²) in [4.78, 5) is 2.57. The fraction of sp³-hybridized carbons (Fsp3) is 0.400. The molecule has 0 saturated carbocycles. The zero-order valence-corrected chi connectivity index (χ0v) is 9.10. The van der Waals surface area contributed by atoms with Crippen LogP contribution in [0, 0.1) is 6.07 Å². The maximum Gasteiger partial charge on any atom is 0.0152 e. The zero-order valence-electron chi connectivity index (χ0n) is 7.46. The van der Waals surface area contributed by atoms with Gasteiger partial charge in [-0.25, -0.2) is 0 Å². The van der Waals surface area contributed by atoms with E-state index in [1.807, 2.05) is 23.5 Å². The quantitative estimate of drug-likeness (QED) is 0.675. The fourth-order valence-electron chi connectivity index (χ4n) is 0.898. The predicted molar refractivity (Wildman–Crippen MR) is 58.1 cm³/mol. The molecule has 0 aliphatic carbocycles. The molecule has 2 heteroatoms. The third-order valence-electron chi connectivity index (χ3n) is 1.37. The monoisotopic (exact) mass is 197 g/mol. The van der Waals surface area contributed by atoms with Gasteiger partial charge in [0.05, 0.1) is 0 Å². The van der Waals surface area contributed by atoms with E-state index in [2.05, 4.69) is 38.1 Å². The van der Waals surface area contributed by atoms with E-state index in [4.69, 9.17) is 0 Å². The third-order valence-corrected chi connectivity index (χ3v) is 3.10. The Labute approximate surface area is 83.1 Å². The van der Waals surface area contributed by atoms with Gasteiger partial charge in [-0.1, -0.05) is 13.8 Å². The minimum Gasteiger partial charge on any atom is -0.126 e. The Hall–Kier alpha value is -0.0800. The second kappa shape index (κ2) is 5.55. The summed E-state index contributed by atoms with van der Waals surface area (Å²) in [6, 6.07) is 9.65. The SMILES string of the molecule is CCSc1[c]cc(SCC)cc1. The van der Waals surface area contributed by atoms with Gasteiger partial charge in [0, 0.05) is 9.79 Å². The van der Waals surface area contributed by atoms with Gasteiger partial charge in [0.1, 0.15) is 0 Å². The van der Waals surface area contributed by atoms with Crippen molar-refractivity contribution in [3.8, 4) is 0 Å². The summed E-state index contributed by atoms with van der Waals surface area (Å²) in [5.74, 6) is 2.25. The Bertz CT molecular complexity index is 191. The maximum atomic E-state index is 3.26. The highest BCUT2D eigenvalue weighted by molar-refractivity contribution is 7.99. The van der Waals surface area contributed by atoms with Crippen molar-refractivity contribution in [2.45, 2.75) is 23.6 Å². The van der Waals surface area contributed by atoms with Crippen LogP contribution in [0.15, 0.2) is 28.0 Å². The van der Waals surface area contributed by atoms with E-state index in [1.165, 1.54) is 9.79 Å². The van der Waals surface area contributed by atoms with Crippen molar-refractivity contribution >= 4 is 23.5 Å². The standard InChI is InChI=1S/C10H13S2/c1-3-11-9-5-7-10(8-6-9)12-4-2/h5-7H,3-4H2,1-2H3. The van der Waals surface area contributed by atoms with Crippen molar-refractivity contribution in [3.63, 3.8) is 0 Å². The first-order valence-electron chi connectivity index (χ1n) is 4.14. The summed E-state index contributed by atoms with van der Waals surface area (Å²) in [5.41, 5.74) is 0. The Kier molecular flexibility index (Phi) is 4.62. The molecule has 0 heterocycles. The Morgan fingerprint density at radius 1 is 1.17 bits per heavy atom. The average molecular weight is 197 g/mol. The molecule has 0 aliphatic heterocycles. The molecule has 65 valence electrons. The highest BCUT2D eigenvalue weighted by atomic mass is 32.2. The lowest BCUT2D eigenvalue weighted by atomic mass is 10.4. The Balaban J connectivity index is 2.58. The van der Waals surface area contributed by atoms with Crippen molar-refractivity contribution in [2.75, 3.05) is 11.5 Å². The number of thioether (sulfide) groups is 2. The molecule has 0 unspecified atom stereocenters. The topological polar surface area (TPSA) is 0 Å². The van der Waals surface area contributed by atoms with Gasteiger partial charge >= 0.3 is 0 Å². The lowest BCUT2D eigenvalue weighted by Gasteiger charge is -1.99. The van der Waals surface area contributed by atoms with Gasteiger partial charge in [-0.3, -0.25) is 0 Å². The molecule has 0 saturated heterocycles. The molecule has 0 aromatic heterocycles. The Morgan fingerprint density at radius 2 is 1.92 bits per heavy atom. The second-order valence-electron chi connectivity index (χ2n) is 2.25. The molecule has 12 heavy (non-hydrogen) atoms. The van der Waals surface area contributed by atoms with E-state index >= 15 is 0 Å². The second-order valence-corrected chi connectivity index (χ2v) is 4.90. The third kappa shape index (κ3) is 3.11. The first kappa shape index (κ1) is 10.0. The van der Waals surface area contributed by atoms with Crippen molar-refractivity contribution in [1.29, 1.82) is 0 Å². The van der Waals surface area contributed by atoms with Crippen LogP contribution in [0.3, 0.4) is 0 Å². The minimum atomic E-state index is 1.12. The van der Waals surface area contributed by atoms with Gasteiger partial charge in [-0.05, 0) is 35.8 Å². The summed E-state index contributed by atoms with van der Waals surface area (Å²) in [7, 11) is 0. The minimum absolute atomic E-state index is 1.12. The van der Waals surface area contributed by atoms with Crippen LogP contribution in [-0.2, 0) is 0 Å². The van der Waals surface area contributed by atoms with Gasteiger partial charge in [0.15, 0.2) is 0 Å². The molecular formula is C10H13S2. The van der Waals surface area contributed by atoms with Gasteiger partial charge in [0.2, 0.25) is 0 Å². The lowest BCUT2D eigenvalue weighted by molar-refractivity contribution is 1.33. The van der Waals surface area contributed by atoms with Crippen molar-refractivity contribution < 1.29 is 0 Å². The van der Waals surface area contributed by atoms with Crippen LogP contribution in [-0.4, -0.2) is 11.5 Å². The van der Waals surface area contributed by atoms with Gasteiger partial charge in [0.25, 0.3) is 0 Å². The van der Waals surface area contributed by atoms with E-state index in [0.29, 0.717) is 0 Å². The highest BCUT2D eigenvalue weighted by Gasteiger charge is 1.93. The van der Waals surface area contributed by atoms with E-state index in [9.17, 15) is 0 Å². The van der Waals surface area contributed by atoms with E-state index in [1.54, 1.807) is 0 Å². The normalized spacial score (nSPS) is 10.2. The molecule has 1 aromatic rings. The van der Waals surface area contributed by atoms with Crippen LogP contribution in [0.5, 0.6) is 0 Å². The molecule has 0 fully saturated rings. The molecule has 0 aliphatic rings. The van der Waals surface area contributed by atoms with Crippen molar-refractivity contribution in [2.24, 2.45) is 0 Å². The molecule has 1 radical (unpaired) electrons. The summed E-state index contributed by atoms with van der Waals surface area (Å²) in [6.45, 7) is 4.33. The van der Waals surface area contributed by atoms with Crippen molar-refractivity contribution in [1.82, 2.24) is 0 Å². The molecule has 0 bridgehead atoms. The molecule has 0 nitrogen and oxygen atoms in total. The average Bonchev–Trinajstić information content (AvgIpc) is 2.09. The lowest BCUT2D eigenvalue weighted by Crippen LogP contribution is -1.75. The number of hydrogen-bond acceptors (Lipinski definition) is 2. The summed E-state index contributed by atoms with van der Waals surface area (Å²) in [6.07, 6.45) is 0. The van der Waals surface area contributed by atoms with Crippen molar-refractivity contribution in [3.05, 3.63) is 24.3 Å². The largest absolute Gasteiger partial charge is 0.126 e. The number of hydrogen-bond donors (Lipinski definition) is 0. The summed E-state index contributed by atoms with van der Waals surface area (Å²) in [5, 5.41) is 0. The smallest absolute Gasteiger partial charge is 0.0152 e. The van der Waals surface area contributed by atoms with Gasteiger partial charge in [-0.15, -0.1) is 23.5 Å². The molecule has 1 rings (SSSR count). The molecular weight excluding hydrogens is 184 g/mol. The van der Waals surface area contributed by atoms with Crippen LogP contribution >= 0.6 is 23.5 Å². The van der Waals surface area contributed by atoms with Crippen LogP contribution in [0.1, 0.15) is 13.8 Å². The summed E-state index contributed by atoms with van der Waals surface area (Å²) >= 11 is 3.70. The molecule has 0 atom stereocenters. The molecule has 0 N–H and O–H groups in total. The predicted octanol–water partition coefficient (Wildman–Crippen LogP) is 3.71. The molecule has 0 spiro atoms. The van der Waals surface area contributed by atoms with Crippen LogP contribution < -0.4 is 0 Å². The maximum absolute atomic E-state index is 3.26. The number of benzene rings is 1. The fourth-order valence-corrected chi connectivity index (χ4v) is 2.16. The first-order valence-corrected chi connectivity index (χ1v) is 6.11. The van der Waals surface area contributed by atoms with Gasteiger partial charge in [-0.2, -0.15) is 0 Å².